The lowest BCUT2D eigenvalue weighted by atomic mass is 9.85. The molecule has 2 aromatic rings. The molecule has 2 nitrogen and oxygen atoms in total. The molecule has 2 atom stereocenters. The SMILES string of the molecule is CC(C)(C)c1ccc(C2C[C@H](N)c3ccccc3O2)cc1. The summed E-state index contributed by atoms with van der Waals surface area (Å²) in [6.07, 6.45) is 0.871. The Kier molecular flexibility index (Phi) is 3.50. The van der Waals surface area contributed by atoms with E-state index in [1.165, 1.54) is 11.1 Å². The van der Waals surface area contributed by atoms with Crippen molar-refractivity contribution in [1.82, 2.24) is 0 Å². The Bertz CT molecular complexity index is 625. The lowest BCUT2D eigenvalue weighted by molar-refractivity contribution is 0.161. The number of rotatable bonds is 1. The maximum absolute atomic E-state index is 6.29. The summed E-state index contributed by atoms with van der Waals surface area (Å²) in [5.74, 6) is 0.918. The van der Waals surface area contributed by atoms with Crippen LogP contribution in [0.1, 0.15) is 56.0 Å². The zero-order valence-electron chi connectivity index (χ0n) is 13.0. The van der Waals surface area contributed by atoms with Crippen molar-refractivity contribution in [3.63, 3.8) is 0 Å². The van der Waals surface area contributed by atoms with Crippen molar-refractivity contribution in [2.24, 2.45) is 5.73 Å². The summed E-state index contributed by atoms with van der Waals surface area (Å²) in [6.45, 7) is 6.68. The number of ether oxygens (including phenoxy) is 1. The molecule has 0 saturated heterocycles. The van der Waals surface area contributed by atoms with Crippen molar-refractivity contribution >= 4 is 0 Å². The highest BCUT2D eigenvalue weighted by atomic mass is 16.5. The van der Waals surface area contributed by atoms with E-state index in [0.717, 1.165) is 17.7 Å². The van der Waals surface area contributed by atoms with Gasteiger partial charge in [0.15, 0.2) is 0 Å². The third kappa shape index (κ3) is 2.81. The molecule has 2 N–H and O–H groups in total. The van der Waals surface area contributed by atoms with Gasteiger partial charge in [0.05, 0.1) is 0 Å². The molecule has 1 aliphatic heterocycles. The third-order valence-corrected chi connectivity index (χ3v) is 4.20. The monoisotopic (exact) mass is 281 g/mol. The fourth-order valence-corrected chi connectivity index (χ4v) is 2.86. The lowest BCUT2D eigenvalue weighted by Gasteiger charge is -2.31. The van der Waals surface area contributed by atoms with Crippen molar-refractivity contribution in [2.45, 2.75) is 44.8 Å². The fraction of sp³-hybridized carbons (Fsp3) is 0.368. The van der Waals surface area contributed by atoms with E-state index in [0.29, 0.717) is 0 Å². The molecule has 2 heteroatoms. The Balaban J connectivity index is 1.86. The van der Waals surface area contributed by atoms with E-state index in [4.69, 9.17) is 10.5 Å². The molecular weight excluding hydrogens is 258 g/mol. The van der Waals surface area contributed by atoms with Crippen LogP contribution >= 0.6 is 0 Å². The first kappa shape index (κ1) is 14.2. The molecule has 110 valence electrons. The van der Waals surface area contributed by atoms with Gasteiger partial charge in [-0.3, -0.25) is 0 Å². The predicted octanol–water partition coefficient (Wildman–Crippen LogP) is 4.51. The Labute approximate surface area is 126 Å². The van der Waals surface area contributed by atoms with Crippen LogP contribution in [0.2, 0.25) is 0 Å². The molecule has 1 aliphatic rings. The summed E-state index contributed by atoms with van der Waals surface area (Å²) in [7, 11) is 0. The molecular formula is C19H23NO. The molecule has 0 fully saturated rings. The normalized spacial score (nSPS) is 21.5. The summed E-state index contributed by atoms with van der Waals surface area (Å²) in [5.41, 5.74) is 10.1. The quantitative estimate of drug-likeness (QED) is 0.834. The molecule has 0 aliphatic carbocycles. The summed E-state index contributed by atoms with van der Waals surface area (Å²) in [6, 6.07) is 16.9. The van der Waals surface area contributed by atoms with Gasteiger partial charge >= 0.3 is 0 Å². The average Bonchev–Trinajstić information content (AvgIpc) is 2.46. The molecule has 0 bridgehead atoms. The maximum Gasteiger partial charge on any atom is 0.126 e. The topological polar surface area (TPSA) is 35.2 Å². The van der Waals surface area contributed by atoms with E-state index < -0.39 is 0 Å². The summed E-state index contributed by atoms with van der Waals surface area (Å²) >= 11 is 0. The maximum atomic E-state index is 6.29. The van der Waals surface area contributed by atoms with Gasteiger partial charge in [-0.15, -0.1) is 0 Å². The van der Waals surface area contributed by atoms with E-state index in [2.05, 4.69) is 51.1 Å². The second-order valence-corrected chi connectivity index (χ2v) is 6.86. The van der Waals surface area contributed by atoms with Crippen LogP contribution < -0.4 is 10.5 Å². The summed E-state index contributed by atoms with van der Waals surface area (Å²) in [5, 5.41) is 0. The Hall–Kier alpha value is -1.80. The van der Waals surface area contributed by atoms with Crippen molar-refractivity contribution in [2.75, 3.05) is 0 Å². The van der Waals surface area contributed by atoms with E-state index >= 15 is 0 Å². The second kappa shape index (κ2) is 5.19. The summed E-state index contributed by atoms with van der Waals surface area (Å²) in [4.78, 5) is 0. The first-order valence-corrected chi connectivity index (χ1v) is 7.57. The lowest BCUT2D eigenvalue weighted by Crippen LogP contribution is -2.24. The molecule has 0 saturated carbocycles. The molecule has 0 radical (unpaired) electrons. The van der Waals surface area contributed by atoms with Crippen LogP contribution in [-0.4, -0.2) is 0 Å². The zero-order chi connectivity index (χ0) is 15.0. The van der Waals surface area contributed by atoms with Crippen LogP contribution in [0.5, 0.6) is 5.75 Å². The molecule has 0 spiro atoms. The van der Waals surface area contributed by atoms with Gasteiger partial charge in [0.1, 0.15) is 11.9 Å². The molecule has 2 aromatic carbocycles. The number of hydrogen-bond acceptors (Lipinski definition) is 2. The van der Waals surface area contributed by atoms with Crippen molar-refractivity contribution in [1.29, 1.82) is 0 Å². The largest absolute Gasteiger partial charge is 0.485 e. The second-order valence-electron chi connectivity index (χ2n) is 6.86. The van der Waals surface area contributed by atoms with E-state index in [9.17, 15) is 0 Å². The molecule has 21 heavy (non-hydrogen) atoms. The highest BCUT2D eigenvalue weighted by Crippen LogP contribution is 2.39. The highest BCUT2D eigenvalue weighted by Gasteiger charge is 2.27. The van der Waals surface area contributed by atoms with Gasteiger partial charge in [0.2, 0.25) is 0 Å². The van der Waals surface area contributed by atoms with Gasteiger partial charge in [-0.25, -0.2) is 0 Å². The van der Waals surface area contributed by atoms with Crippen molar-refractivity contribution in [3.8, 4) is 5.75 Å². The van der Waals surface area contributed by atoms with Crippen molar-refractivity contribution < 1.29 is 4.74 Å². The highest BCUT2D eigenvalue weighted by molar-refractivity contribution is 5.39. The van der Waals surface area contributed by atoms with E-state index in [1.807, 2.05) is 18.2 Å². The van der Waals surface area contributed by atoms with Crippen LogP contribution in [0.15, 0.2) is 48.5 Å². The van der Waals surface area contributed by atoms with Crippen LogP contribution in [-0.2, 0) is 5.41 Å². The summed E-state index contributed by atoms with van der Waals surface area (Å²) < 4.78 is 6.13. The number of para-hydroxylation sites is 1. The van der Waals surface area contributed by atoms with Gasteiger partial charge in [-0.2, -0.15) is 0 Å². The fourth-order valence-electron chi connectivity index (χ4n) is 2.86. The average molecular weight is 281 g/mol. The third-order valence-electron chi connectivity index (χ3n) is 4.20. The van der Waals surface area contributed by atoms with Crippen molar-refractivity contribution in [3.05, 3.63) is 65.2 Å². The minimum absolute atomic E-state index is 0.0437. The Morgan fingerprint density at radius 3 is 2.33 bits per heavy atom. The number of fused-ring (bicyclic) bond motifs is 1. The molecule has 3 rings (SSSR count). The Morgan fingerprint density at radius 2 is 1.67 bits per heavy atom. The molecule has 1 unspecified atom stereocenters. The minimum Gasteiger partial charge on any atom is -0.485 e. The Morgan fingerprint density at radius 1 is 1.00 bits per heavy atom. The van der Waals surface area contributed by atoms with E-state index in [1.54, 1.807) is 0 Å². The van der Waals surface area contributed by atoms with Gasteiger partial charge < -0.3 is 10.5 Å². The first-order valence-electron chi connectivity index (χ1n) is 7.57. The first-order chi connectivity index (χ1) is 9.95. The van der Waals surface area contributed by atoms with Crippen LogP contribution in [0.25, 0.3) is 0 Å². The molecule has 0 amide bonds. The zero-order valence-corrected chi connectivity index (χ0v) is 13.0. The standard InChI is InChI=1S/C19H23NO/c1-19(2,3)14-10-8-13(9-11-14)18-12-16(20)15-6-4-5-7-17(15)21-18/h4-11,16,18H,12,20H2,1-3H3/t16-,18?/m0/s1. The minimum atomic E-state index is 0.0437. The number of hydrogen-bond donors (Lipinski definition) is 1. The molecule has 0 aromatic heterocycles. The number of benzene rings is 2. The van der Waals surface area contributed by atoms with Gasteiger partial charge in [-0.05, 0) is 22.6 Å². The van der Waals surface area contributed by atoms with Crippen LogP contribution in [0.4, 0.5) is 0 Å². The van der Waals surface area contributed by atoms with Gasteiger partial charge in [-0.1, -0.05) is 63.2 Å². The van der Waals surface area contributed by atoms with Gasteiger partial charge in [0.25, 0.3) is 0 Å². The predicted molar refractivity (Wildman–Crippen MR) is 86.5 cm³/mol. The number of nitrogens with two attached hydrogens (primary N) is 1. The van der Waals surface area contributed by atoms with Crippen LogP contribution in [0.3, 0.4) is 0 Å². The molecule has 1 heterocycles. The smallest absolute Gasteiger partial charge is 0.126 e. The van der Waals surface area contributed by atoms with Gasteiger partial charge in [0, 0.05) is 18.0 Å². The van der Waals surface area contributed by atoms with Crippen LogP contribution in [0, 0.1) is 0 Å². The van der Waals surface area contributed by atoms with E-state index in [-0.39, 0.29) is 17.6 Å².